The molecule has 1 N–H and O–H groups in total. The van der Waals surface area contributed by atoms with Gasteiger partial charge in [-0.15, -0.1) is 0 Å². The van der Waals surface area contributed by atoms with E-state index < -0.39 is 0 Å². The predicted molar refractivity (Wildman–Crippen MR) is 28.2 cm³/mol. The molecule has 0 heterocycles. The normalized spacial score (nSPS) is 23.0. The molecule has 0 spiro atoms. The second kappa shape index (κ2) is 2.12. The van der Waals surface area contributed by atoms with Crippen molar-refractivity contribution in [3.05, 3.63) is 18.3 Å². The smallest absolute Gasteiger partial charge is 0.115 e. The van der Waals surface area contributed by atoms with Gasteiger partial charge >= 0.3 is 0 Å². The van der Waals surface area contributed by atoms with E-state index >= 15 is 0 Å². The average Bonchev–Trinajstić information content (AvgIpc) is 1.69. The highest BCUT2D eigenvalue weighted by Gasteiger charge is 2.02. The summed E-state index contributed by atoms with van der Waals surface area (Å²) in [6.07, 6.45) is 7.43. The van der Waals surface area contributed by atoms with Crippen LogP contribution in [0, 0.1) is 6.10 Å². The van der Waals surface area contributed by atoms with Gasteiger partial charge in [0.2, 0.25) is 0 Å². The number of aliphatic hydroxyl groups is 1. The SMILES string of the molecule is O[C]1C=CCCC1. The van der Waals surface area contributed by atoms with E-state index in [0.717, 1.165) is 19.3 Å². The zero-order chi connectivity index (χ0) is 5.11. The first kappa shape index (κ1) is 4.85. The van der Waals surface area contributed by atoms with Crippen molar-refractivity contribution in [1.29, 1.82) is 0 Å². The maximum atomic E-state index is 8.74. The Kier molecular flexibility index (Phi) is 1.47. The van der Waals surface area contributed by atoms with Crippen molar-refractivity contribution in [3.63, 3.8) is 0 Å². The molecule has 0 aromatic carbocycles. The van der Waals surface area contributed by atoms with Gasteiger partial charge in [0.25, 0.3) is 0 Å². The number of allylic oxidation sites excluding steroid dienone is 1. The van der Waals surface area contributed by atoms with E-state index in [2.05, 4.69) is 0 Å². The molecule has 0 aromatic rings. The summed E-state index contributed by atoms with van der Waals surface area (Å²) in [6.45, 7) is 0. The lowest BCUT2D eigenvalue weighted by Gasteiger charge is -2.06. The molecule has 1 aliphatic carbocycles. The summed E-state index contributed by atoms with van der Waals surface area (Å²) in [5.74, 6) is 0. The highest BCUT2D eigenvalue weighted by atomic mass is 16.3. The molecule has 0 fully saturated rings. The second-order valence-electron chi connectivity index (χ2n) is 1.79. The maximum absolute atomic E-state index is 8.74. The highest BCUT2D eigenvalue weighted by molar-refractivity contribution is 5.04. The van der Waals surface area contributed by atoms with Crippen molar-refractivity contribution in [1.82, 2.24) is 0 Å². The zero-order valence-corrected chi connectivity index (χ0v) is 4.22. The van der Waals surface area contributed by atoms with Crippen LogP contribution in [0.5, 0.6) is 0 Å². The molecule has 1 heteroatoms. The third-order valence-corrected chi connectivity index (χ3v) is 1.11. The molecule has 7 heavy (non-hydrogen) atoms. The summed E-state index contributed by atoms with van der Waals surface area (Å²) in [5, 5.41) is 8.74. The Morgan fingerprint density at radius 2 is 2.43 bits per heavy atom. The number of rotatable bonds is 0. The van der Waals surface area contributed by atoms with Crippen LogP contribution in [0.1, 0.15) is 19.3 Å². The lowest BCUT2D eigenvalue weighted by molar-refractivity contribution is 0.310. The van der Waals surface area contributed by atoms with Crippen LogP contribution in [0.4, 0.5) is 0 Å². The van der Waals surface area contributed by atoms with Crippen LogP contribution in [0.2, 0.25) is 0 Å². The third kappa shape index (κ3) is 1.32. The molecule has 39 valence electrons. The molecule has 1 radical (unpaired) electrons. The van der Waals surface area contributed by atoms with E-state index in [4.69, 9.17) is 5.11 Å². The largest absolute Gasteiger partial charge is 0.382 e. The first-order valence-corrected chi connectivity index (χ1v) is 2.61. The Labute approximate surface area is 43.7 Å². The van der Waals surface area contributed by atoms with Gasteiger partial charge in [0, 0.05) is 0 Å². The van der Waals surface area contributed by atoms with E-state index in [1.165, 1.54) is 0 Å². The zero-order valence-electron chi connectivity index (χ0n) is 4.22. The standard InChI is InChI=1S/C6H9O/c7-6-4-2-1-3-5-6/h2,4,7H,1,3,5H2. The minimum Gasteiger partial charge on any atom is -0.382 e. The molecule has 1 aliphatic rings. The minimum atomic E-state index is 0.534. The summed E-state index contributed by atoms with van der Waals surface area (Å²) in [5.41, 5.74) is 0. The van der Waals surface area contributed by atoms with E-state index in [-0.39, 0.29) is 0 Å². The van der Waals surface area contributed by atoms with Gasteiger partial charge in [-0.2, -0.15) is 0 Å². The van der Waals surface area contributed by atoms with Crippen molar-refractivity contribution in [2.75, 3.05) is 0 Å². The first-order chi connectivity index (χ1) is 3.39. The maximum Gasteiger partial charge on any atom is 0.115 e. The molecule has 0 unspecified atom stereocenters. The van der Waals surface area contributed by atoms with Crippen LogP contribution in [0.15, 0.2) is 12.2 Å². The monoisotopic (exact) mass is 97.1 g/mol. The van der Waals surface area contributed by atoms with E-state index in [9.17, 15) is 0 Å². The Balaban J connectivity index is 2.36. The van der Waals surface area contributed by atoms with Crippen LogP contribution in [0.3, 0.4) is 0 Å². The Bertz CT molecular complexity index is 76.2. The Hall–Kier alpha value is -0.300. The third-order valence-electron chi connectivity index (χ3n) is 1.11. The summed E-state index contributed by atoms with van der Waals surface area (Å²) < 4.78 is 0. The molecular formula is C6H9O. The fourth-order valence-corrected chi connectivity index (χ4v) is 0.704. The molecule has 0 saturated heterocycles. The van der Waals surface area contributed by atoms with Crippen molar-refractivity contribution >= 4 is 0 Å². The van der Waals surface area contributed by atoms with Gasteiger partial charge in [-0.3, -0.25) is 0 Å². The van der Waals surface area contributed by atoms with Gasteiger partial charge < -0.3 is 5.11 Å². The van der Waals surface area contributed by atoms with Crippen LogP contribution in [0.25, 0.3) is 0 Å². The topological polar surface area (TPSA) is 20.2 Å². The highest BCUT2D eigenvalue weighted by Crippen LogP contribution is 2.14. The molecule has 0 amide bonds. The fraction of sp³-hybridized carbons (Fsp3) is 0.500. The fourth-order valence-electron chi connectivity index (χ4n) is 0.704. The Morgan fingerprint density at radius 1 is 1.57 bits per heavy atom. The molecule has 1 rings (SSSR count). The Morgan fingerprint density at radius 3 is 2.71 bits per heavy atom. The summed E-state index contributed by atoms with van der Waals surface area (Å²) in [7, 11) is 0. The van der Waals surface area contributed by atoms with Crippen molar-refractivity contribution in [2.24, 2.45) is 0 Å². The molecule has 1 nitrogen and oxygen atoms in total. The lowest BCUT2D eigenvalue weighted by Crippen LogP contribution is -1.94. The quantitative estimate of drug-likeness (QED) is 0.487. The predicted octanol–water partition coefficient (Wildman–Crippen LogP) is 1.63. The lowest BCUT2D eigenvalue weighted by atomic mass is 10.1. The van der Waals surface area contributed by atoms with Crippen LogP contribution < -0.4 is 0 Å². The van der Waals surface area contributed by atoms with Gasteiger partial charge in [-0.1, -0.05) is 12.2 Å². The van der Waals surface area contributed by atoms with Crippen molar-refractivity contribution < 1.29 is 5.11 Å². The molecular weight excluding hydrogens is 88.1 g/mol. The second-order valence-corrected chi connectivity index (χ2v) is 1.79. The molecule has 0 atom stereocenters. The van der Waals surface area contributed by atoms with Crippen LogP contribution >= 0.6 is 0 Å². The molecule has 0 aliphatic heterocycles. The van der Waals surface area contributed by atoms with Gasteiger partial charge in [0.1, 0.15) is 6.10 Å². The number of hydrogen-bond acceptors (Lipinski definition) is 1. The molecule has 0 bridgehead atoms. The summed E-state index contributed by atoms with van der Waals surface area (Å²) >= 11 is 0. The first-order valence-electron chi connectivity index (χ1n) is 2.61. The minimum absolute atomic E-state index is 0.534. The van der Waals surface area contributed by atoms with Crippen LogP contribution in [-0.4, -0.2) is 5.11 Å². The van der Waals surface area contributed by atoms with Crippen molar-refractivity contribution in [2.45, 2.75) is 19.3 Å². The number of hydrogen-bond donors (Lipinski definition) is 1. The van der Waals surface area contributed by atoms with Gasteiger partial charge in [0.05, 0.1) is 0 Å². The van der Waals surface area contributed by atoms with E-state index in [1.54, 1.807) is 6.08 Å². The van der Waals surface area contributed by atoms with E-state index in [0.29, 0.717) is 6.10 Å². The average molecular weight is 97.1 g/mol. The molecule has 0 saturated carbocycles. The van der Waals surface area contributed by atoms with Gasteiger partial charge in [-0.05, 0) is 19.3 Å². The summed E-state index contributed by atoms with van der Waals surface area (Å²) in [6, 6.07) is 0. The number of aliphatic hydroxyl groups excluding tert-OH is 1. The molecule has 0 aromatic heterocycles. The van der Waals surface area contributed by atoms with E-state index in [1.807, 2.05) is 6.08 Å². The van der Waals surface area contributed by atoms with Crippen molar-refractivity contribution in [3.8, 4) is 0 Å². The van der Waals surface area contributed by atoms with Gasteiger partial charge in [-0.25, -0.2) is 0 Å². The summed E-state index contributed by atoms with van der Waals surface area (Å²) in [4.78, 5) is 0. The van der Waals surface area contributed by atoms with Crippen LogP contribution in [-0.2, 0) is 0 Å². The van der Waals surface area contributed by atoms with Gasteiger partial charge in [0.15, 0.2) is 0 Å².